The lowest BCUT2D eigenvalue weighted by molar-refractivity contribution is 0.102. The Hall–Kier alpha value is -4.87. The van der Waals surface area contributed by atoms with Crippen molar-refractivity contribution in [2.75, 3.05) is 5.32 Å². The highest BCUT2D eigenvalue weighted by Gasteiger charge is 2.19. The number of pyridine rings is 1. The van der Waals surface area contributed by atoms with Crippen LogP contribution in [0.15, 0.2) is 120 Å². The first-order valence-electron chi connectivity index (χ1n) is 12.1. The van der Waals surface area contributed by atoms with Gasteiger partial charge in [-0.3, -0.25) is 9.59 Å². The fourth-order valence-electron chi connectivity index (χ4n) is 4.67. The molecule has 0 atom stereocenters. The second kappa shape index (κ2) is 9.88. The van der Waals surface area contributed by atoms with Crippen LogP contribution in [-0.2, 0) is 0 Å². The number of nitrogens with one attached hydrogen (secondary N) is 3. The number of rotatable bonds is 5. The van der Waals surface area contributed by atoms with E-state index in [0.29, 0.717) is 27.5 Å². The molecule has 0 aliphatic heterocycles. The molecule has 0 saturated carbocycles. The van der Waals surface area contributed by atoms with Crippen molar-refractivity contribution in [2.24, 2.45) is 0 Å². The number of para-hydroxylation sites is 1. The summed E-state index contributed by atoms with van der Waals surface area (Å²) in [6.07, 6.45) is 1.61. The number of benzene rings is 4. The molecule has 3 N–H and O–H groups in total. The predicted molar refractivity (Wildman–Crippen MR) is 155 cm³/mol. The maximum atomic E-state index is 13.2. The van der Waals surface area contributed by atoms with Gasteiger partial charge in [-0.15, -0.1) is 0 Å². The van der Waals surface area contributed by atoms with Crippen molar-refractivity contribution < 1.29 is 4.79 Å². The van der Waals surface area contributed by atoms with E-state index in [0.717, 1.165) is 33.2 Å². The average molecular weight is 516 g/mol. The van der Waals surface area contributed by atoms with Gasteiger partial charge in [-0.25, -0.2) is 0 Å². The van der Waals surface area contributed by atoms with Crippen LogP contribution in [0.1, 0.15) is 10.4 Å². The molecule has 38 heavy (non-hydrogen) atoms. The first-order chi connectivity index (χ1) is 18.6. The Morgan fingerprint density at radius 3 is 2.21 bits per heavy atom. The van der Waals surface area contributed by atoms with E-state index >= 15 is 0 Å². The molecule has 2 aromatic heterocycles. The van der Waals surface area contributed by atoms with Crippen LogP contribution in [0, 0.1) is 0 Å². The molecule has 6 heteroatoms. The normalized spacial score (nSPS) is 11.0. The molecule has 0 spiro atoms. The van der Waals surface area contributed by atoms with Gasteiger partial charge in [0.05, 0.1) is 22.0 Å². The van der Waals surface area contributed by atoms with Crippen molar-refractivity contribution >= 4 is 34.1 Å². The molecule has 6 aromatic rings. The molecule has 0 aliphatic rings. The molecule has 2 heterocycles. The minimum absolute atomic E-state index is 0.196. The molecule has 0 radical (unpaired) electrons. The highest BCUT2D eigenvalue weighted by molar-refractivity contribution is 6.34. The molecule has 0 fully saturated rings. The largest absolute Gasteiger partial charge is 0.354 e. The van der Waals surface area contributed by atoms with E-state index in [1.54, 1.807) is 36.5 Å². The Labute approximate surface area is 223 Å². The van der Waals surface area contributed by atoms with E-state index in [1.165, 1.54) is 0 Å². The molecule has 184 valence electrons. The Kier molecular flexibility index (Phi) is 6.12. The smallest absolute Gasteiger partial charge is 0.257 e. The van der Waals surface area contributed by atoms with Crippen LogP contribution in [0.2, 0.25) is 5.02 Å². The molecule has 6 rings (SSSR count). The standard InChI is InChI=1S/C32H22ClN3O2/c33-26-10-4-5-11-28(26)36-31(37)23-16-17-27-25(19-23)29(30(35-27)24-9-6-18-34-32(24)38)22-14-12-21(13-15-22)20-7-2-1-3-8-20/h1-19,35H,(H,34,38)(H,36,37). The number of halogens is 1. The lowest BCUT2D eigenvalue weighted by Gasteiger charge is -2.09. The van der Waals surface area contributed by atoms with Crippen LogP contribution < -0.4 is 10.9 Å². The van der Waals surface area contributed by atoms with Gasteiger partial charge in [0, 0.05) is 28.2 Å². The highest BCUT2D eigenvalue weighted by Crippen LogP contribution is 2.38. The van der Waals surface area contributed by atoms with Gasteiger partial charge in [-0.2, -0.15) is 0 Å². The van der Waals surface area contributed by atoms with Crippen molar-refractivity contribution in [2.45, 2.75) is 0 Å². The number of hydrogen-bond donors (Lipinski definition) is 3. The van der Waals surface area contributed by atoms with E-state index in [9.17, 15) is 9.59 Å². The lowest BCUT2D eigenvalue weighted by atomic mass is 9.96. The zero-order valence-corrected chi connectivity index (χ0v) is 20.9. The van der Waals surface area contributed by atoms with Crippen molar-refractivity contribution in [1.82, 2.24) is 9.97 Å². The highest BCUT2D eigenvalue weighted by atomic mass is 35.5. The summed E-state index contributed by atoms with van der Waals surface area (Å²) in [6.45, 7) is 0. The third-order valence-corrected chi connectivity index (χ3v) is 6.88. The SMILES string of the molecule is O=C(Nc1ccccc1Cl)c1ccc2[nH]c(-c3ccc[nH]c3=O)c(-c3ccc(-c4ccccc4)cc3)c2c1. The minimum atomic E-state index is -0.273. The Morgan fingerprint density at radius 2 is 1.45 bits per heavy atom. The second-order valence-corrected chi connectivity index (χ2v) is 9.33. The number of amides is 1. The summed E-state index contributed by atoms with van der Waals surface area (Å²) in [4.78, 5) is 32.1. The second-order valence-electron chi connectivity index (χ2n) is 8.93. The number of hydrogen-bond acceptors (Lipinski definition) is 2. The van der Waals surface area contributed by atoms with Crippen molar-refractivity contribution in [3.63, 3.8) is 0 Å². The summed E-state index contributed by atoms with van der Waals surface area (Å²) in [7, 11) is 0. The Balaban J connectivity index is 1.49. The van der Waals surface area contributed by atoms with Crippen molar-refractivity contribution in [3.8, 4) is 33.5 Å². The molecule has 1 amide bonds. The number of aromatic nitrogens is 2. The number of aromatic amines is 2. The molecular formula is C32H22ClN3O2. The summed E-state index contributed by atoms with van der Waals surface area (Å²) < 4.78 is 0. The van der Waals surface area contributed by atoms with Crippen LogP contribution in [0.5, 0.6) is 0 Å². The minimum Gasteiger partial charge on any atom is -0.354 e. The molecule has 4 aromatic carbocycles. The summed E-state index contributed by atoms with van der Waals surface area (Å²) >= 11 is 6.25. The zero-order chi connectivity index (χ0) is 26.1. The predicted octanol–water partition coefficient (Wildman–Crippen LogP) is 7.76. The van der Waals surface area contributed by atoms with Crippen molar-refractivity contribution in [1.29, 1.82) is 0 Å². The summed E-state index contributed by atoms with van der Waals surface area (Å²) in [5, 5.41) is 4.19. The van der Waals surface area contributed by atoms with Gasteiger partial charge in [0.1, 0.15) is 0 Å². The van der Waals surface area contributed by atoms with Gasteiger partial charge in [-0.05, 0) is 59.2 Å². The molecular weight excluding hydrogens is 494 g/mol. The van der Waals surface area contributed by atoms with E-state index in [1.807, 2.05) is 54.6 Å². The maximum absolute atomic E-state index is 13.2. The number of H-pyrrole nitrogens is 2. The Morgan fingerprint density at radius 1 is 0.737 bits per heavy atom. The Bertz CT molecular complexity index is 1840. The monoisotopic (exact) mass is 515 g/mol. The van der Waals surface area contributed by atoms with Gasteiger partial charge in [0.25, 0.3) is 11.5 Å². The number of anilines is 1. The molecule has 0 aliphatic carbocycles. The van der Waals surface area contributed by atoms with Gasteiger partial charge >= 0.3 is 0 Å². The first kappa shape index (κ1) is 23.5. The molecule has 0 bridgehead atoms. The van der Waals surface area contributed by atoms with Gasteiger partial charge in [-0.1, -0.05) is 78.3 Å². The maximum Gasteiger partial charge on any atom is 0.257 e. The topological polar surface area (TPSA) is 77.8 Å². The van der Waals surface area contributed by atoms with E-state index < -0.39 is 0 Å². The number of fused-ring (bicyclic) bond motifs is 1. The average Bonchev–Trinajstić information content (AvgIpc) is 3.33. The summed E-state index contributed by atoms with van der Waals surface area (Å²) in [6, 6.07) is 34.5. The molecule has 5 nitrogen and oxygen atoms in total. The van der Waals surface area contributed by atoms with Crippen LogP contribution >= 0.6 is 11.6 Å². The third-order valence-electron chi connectivity index (χ3n) is 6.55. The van der Waals surface area contributed by atoms with Gasteiger partial charge < -0.3 is 15.3 Å². The molecule has 0 unspecified atom stereocenters. The first-order valence-corrected chi connectivity index (χ1v) is 12.5. The van der Waals surface area contributed by atoms with Crippen LogP contribution in [0.4, 0.5) is 5.69 Å². The fraction of sp³-hybridized carbons (Fsp3) is 0. The van der Waals surface area contributed by atoms with E-state index in [4.69, 9.17) is 11.6 Å². The van der Waals surface area contributed by atoms with Gasteiger partial charge in [0.15, 0.2) is 0 Å². The fourth-order valence-corrected chi connectivity index (χ4v) is 4.85. The number of carbonyl (C=O) groups is 1. The van der Waals surface area contributed by atoms with Crippen LogP contribution in [-0.4, -0.2) is 15.9 Å². The lowest BCUT2D eigenvalue weighted by Crippen LogP contribution is -2.12. The zero-order valence-electron chi connectivity index (χ0n) is 20.2. The number of carbonyl (C=O) groups excluding carboxylic acids is 1. The van der Waals surface area contributed by atoms with Gasteiger partial charge in [0.2, 0.25) is 0 Å². The van der Waals surface area contributed by atoms with Crippen LogP contribution in [0.25, 0.3) is 44.4 Å². The van der Waals surface area contributed by atoms with E-state index in [-0.39, 0.29) is 11.5 Å². The summed E-state index contributed by atoms with van der Waals surface area (Å²) in [5.41, 5.74) is 6.85. The quantitative estimate of drug-likeness (QED) is 0.219. The molecule has 0 saturated heterocycles. The summed E-state index contributed by atoms with van der Waals surface area (Å²) in [5.74, 6) is -0.273. The van der Waals surface area contributed by atoms with Crippen LogP contribution in [0.3, 0.4) is 0 Å². The van der Waals surface area contributed by atoms with Crippen molar-refractivity contribution in [3.05, 3.63) is 136 Å². The van der Waals surface area contributed by atoms with E-state index in [2.05, 4.69) is 39.6 Å². The third kappa shape index (κ3) is 4.40.